The van der Waals surface area contributed by atoms with Gasteiger partial charge in [0.25, 0.3) is 0 Å². The zero-order valence-corrected chi connectivity index (χ0v) is 10.9. The van der Waals surface area contributed by atoms with Crippen molar-refractivity contribution in [2.24, 2.45) is 0 Å². The van der Waals surface area contributed by atoms with Gasteiger partial charge in [0.05, 0.1) is 6.61 Å². The van der Waals surface area contributed by atoms with Gasteiger partial charge >= 0.3 is 0 Å². The van der Waals surface area contributed by atoms with E-state index >= 15 is 0 Å². The average molecular weight is 252 g/mol. The number of hydrogen-bond donors (Lipinski definition) is 2. The van der Waals surface area contributed by atoms with Crippen LogP contribution in [-0.4, -0.2) is 55.4 Å². The minimum Gasteiger partial charge on any atom is -0.383 e. The van der Waals surface area contributed by atoms with Gasteiger partial charge in [0.15, 0.2) is 0 Å². The quantitative estimate of drug-likeness (QED) is 0.717. The molecule has 0 bridgehead atoms. The van der Waals surface area contributed by atoms with Crippen LogP contribution in [0.3, 0.4) is 0 Å². The summed E-state index contributed by atoms with van der Waals surface area (Å²) < 4.78 is 4.99. The van der Waals surface area contributed by atoms with Crippen LogP contribution in [0.5, 0.6) is 0 Å². The second-order valence-corrected chi connectivity index (χ2v) is 4.15. The Bertz CT molecular complexity index is 380. The Kier molecular flexibility index (Phi) is 4.52. The van der Waals surface area contributed by atoms with E-state index in [0.29, 0.717) is 25.0 Å². The number of nitrogens with zero attached hydrogens (tertiary/aromatic N) is 4. The molecule has 2 heterocycles. The Morgan fingerprint density at radius 1 is 1.17 bits per heavy atom. The van der Waals surface area contributed by atoms with Gasteiger partial charge in [-0.05, 0) is 12.8 Å². The SMILES string of the molecule is CNc1nc(NCCOC)nc(N2CCCC2)n1. The van der Waals surface area contributed by atoms with Crippen molar-refractivity contribution in [1.29, 1.82) is 0 Å². The van der Waals surface area contributed by atoms with Crippen molar-refractivity contribution in [3.63, 3.8) is 0 Å². The molecule has 100 valence electrons. The van der Waals surface area contributed by atoms with Crippen LogP contribution >= 0.6 is 0 Å². The van der Waals surface area contributed by atoms with Crippen LogP contribution in [0, 0.1) is 0 Å². The highest BCUT2D eigenvalue weighted by molar-refractivity contribution is 5.43. The standard InChI is InChI=1S/C11H20N6O/c1-12-9-14-10(13-5-8-18-2)16-11(15-9)17-6-3-4-7-17/h3-8H2,1-2H3,(H2,12,13,14,15,16). The average Bonchev–Trinajstić information content (AvgIpc) is 2.92. The van der Waals surface area contributed by atoms with E-state index in [-0.39, 0.29) is 0 Å². The fourth-order valence-electron chi connectivity index (χ4n) is 1.88. The van der Waals surface area contributed by atoms with Crippen molar-refractivity contribution in [3.8, 4) is 0 Å². The second kappa shape index (κ2) is 6.34. The lowest BCUT2D eigenvalue weighted by Gasteiger charge is -2.16. The second-order valence-electron chi connectivity index (χ2n) is 4.15. The normalized spacial score (nSPS) is 14.9. The third-order valence-electron chi connectivity index (χ3n) is 2.83. The molecule has 0 aromatic carbocycles. The molecule has 0 saturated carbocycles. The van der Waals surface area contributed by atoms with Crippen LogP contribution in [0.25, 0.3) is 0 Å². The van der Waals surface area contributed by atoms with Crippen molar-refractivity contribution in [1.82, 2.24) is 15.0 Å². The number of ether oxygens (including phenoxy) is 1. The molecule has 1 aromatic rings. The third-order valence-corrected chi connectivity index (χ3v) is 2.83. The summed E-state index contributed by atoms with van der Waals surface area (Å²) in [5.74, 6) is 1.92. The number of aromatic nitrogens is 3. The van der Waals surface area contributed by atoms with Gasteiger partial charge in [-0.25, -0.2) is 0 Å². The van der Waals surface area contributed by atoms with E-state index in [1.165, 1.54) is 12.8 Å². The minimum absolute atomic E-state index is 0.590. The number of nitrogens with one attached hydrogen (secondary N) is 2. The molecule has 0 unspecified atom stereocenters. The van der Waals surface area contributed by atoms with E-state index in [1.807, 2.05) is 7.05 Å². The summed E-state index contributed by atoms with van der Waals surface area (Å²) in [5, 5.41) is 6.09. The van der Waals surface area contributed by atoms with E-state index in [2.05, 4.69) is 30.5 Å². The Labute approximate surface area is 107 Å². The largest absolute Gasteiger partial charge is 0.383 e. The van der Waals surface area contributed by atoms with Crippen LogP contribution in [0.4, 0.5) is 17.8 Å². The first-order valence-electron chi connectivity index (χ1n) is 6.25. The van der Waals surface area contributed by atoms with Gasteiger partial charge in [-0.15, -0.1) is 0 Å². The molecule has 2 rings (SSSR count). The molecule has 1 aliphatic rings. The number of hydrogen-bond acceptors (Lipinski definition) is 7. The topological polar surface area (TPSA) is 75.2 Å². The van der Waals surface area contributed by atoms with Gasteiger partial charge in [0.1, 0.15) is 0 Å². The van der Waals surface area contributed by atoms with Crippen LogP contribution < -0.4 is 15.5 Å². The van der Waals surface area contributed by atoms with Crippen LogP contribution in [-0.2, 0) is 4.74 Å². The van der Waals surface area contributed by atoms with Crippen LogP contribution in [0.2, 0.25) is 0 Å². The Balaban J connectivity index is 2.10. The van der Waals surface area contributed by atoms with E-state index in [1.54, 1.807) is 7.11 Å². The van der Waals surface area contributed by atoms with Crippen molar-refractivity contribution >= 4 is 17.8 Å². The Morgan fingerprint density at radius 3 is 2.56 bits per heavy atom. The highest BCUT2D eigenvalue weighted by atomic mass is 16.5. The van der Waals surface area contributed by atoms with Gasteiger partial charge in [0.2, 0.25) is 17.8 Å². The minimum atomic E-state index is 0.590. The maximum atomic E-state index is 4.99. The molecule has 1 fully saturated rings. The molecule has 0 spiro atoms. The van der Waals surface area contributed by atoms with Crippen molar-refractivity contribution < 1.29 is 4.74 Å². The molecule has 1 aliphatic heterocycles. The summed E-state index contributed by atoms with van der Waals surface area (Å²) in [7, 11) is 3.48. The van der Waals surface area contributed by atoms with Gasteiger partial charge in [-0.3, -0.25) is 0 Å². The van der Waals surface area contributed by atoms with Gasteiger partial charge in [-0.1, -0.05) is 0 Å². The number of rotatable bonds is 6. The highest BCUT2D eigenvalue weighted by Crippen LogP contribution is 2.18. The first kappa shape index (κ1) is 12.8. The molecular weight excluding hydrogens is 232 g/mol. The number of anilines is 3. The monoisotopic (exact) mass is 252 g/mol. The van der Waals surface area contributed by atoms with Crippen molar-refractivity contribution in [2.45, 2.75) is 12.8 Å². The van der Waals surface area contributed by atoms with Gasteiger partial charge in [-0.2, -0.15) is 15.0 Å². The van der Waals surface area contributed by atoms with Crippen LogP contribution in [0.1, 0.15) is 12.8 Å². The van der Waals surface area contributed by atoms with E-state index in [0.717, 1.165) is 19.0 Å². The van der Waals surface area contributed by atoms with E-state index in [4.69, 9.17) is 4.74 Å². The summed E-state index contributed by atoms with van der Waals surface area (Å²) in [6.07, 6.45) is 2.40. The third kappa shape index (κ3) is 3.19. The lowest BCUT2D eigenvalue weighted by Crippen LogP contribution is -2.22. The van der Waals surface area contributed by atoms with Crippen molar-refractivity contribution in [2.75, 3.05) is 55.9 Å². The molecule has 0 radical (unpaired) electrons. The summed E-state index contributed by atoms with van der Waals surface area (Å²) in [6.45, 7) is 3.35. The molecular formula is C11H20N6O. The number of methoxy groups -OCH3 is 1. The lowest BCUT2D eigenvalue weighted by molar-refractivity contribution is 0.210. The molecule has 7 heteroatoms. The Hall–Kier alpha value is -1.63. The molecule has 2 N–H and O–H groups in total. The maximum Gasteiger partial charge on any atom is 0.231 e. The highest BCUT2D eigenvalue weighted by Gasteiger charge is 2.16. The predicted molar refractivity (Wildman–Crippen MR) is 71.2 cm³/mol. The predicted octanol–water partition coefficient (Wildman–Crippen LogP) is 0.572. The summed E-state index contributed by atoms with van der Waals surface area (Å²) in [5.41, 5.74) is 0. The fraction of sp³-hybridized carbons (Fsp3) is 0.727. The summed E-state index contributed by atoms with van der Waals surface area (Å²) >= 11 is 0. The van der Waals surface area contributed by atoms with Crippen LogP contribution in [0.15, 0.2) is 0 Å². The molecule has 0 atom stereocenters. The lowest BCUT2D eigenvalue weighted by atomic mass is 10.4. The Morgan fingerprint density at radius 2 is 1.89 bits per heavy atom. The van der Waals surface area contributed by atoms with Gasteiger partial charge < -0.3 is 20.3 Å². The smallest absolute Gasteiger partial charge is 0.231 e. The summed E-state index contributed by atoms with van der Waals surface area (Å²) in [6, 6.07) is 0. The van der Waals surface area contributed by atoms with E-state index < -0.39 is 0 Å². The first-order valence-corrected chi connectivity index (χ1v) is 6.25. The van der Waals surface area contributed by atoms with Gasteiger partial charge in [0, 0.05) is 33.8 Å². The molecule has 0 amide bonds. The zero-order chi connectivity index (χ0) is 12.8. The first-order chi connectivity index (χ1) is 8.83. The maximum absolute atomic E-state index is 4.99. The van der Waals surface area contributed by atoms with E-state index in [9.17, 15) is 0 Å². The molecule has 1 saturated heterocycles. The molecule has 7 nitrogen and oxygen atoms in total. The summed E-state index contributed by atoms with van der Waals surface area (Å²) in [4.78, 5) is 15.3. The molecule has 0 aliphatic carbocycles. The zero-order valence-electron chi connectivity index (χ0n) is 10.9. The van der Waals surface area contributed by atoms with Crippen molar-refractivity contribution in [3.05, 3.63) is 0 Å². The fourth-order valence-corrected chi connectivity index (χ4v) is 1.88. The molecule has 1 aromatic heterocycles. The molecule has 18 heavy (non-hydrogen) atoms.